The van der Waals surface area contributed by atoms with Crippen molar-refractivity contribution in [3.63, 3.8) is 0 Å². The highest BCUT2D eigenvalue weighted by Gasteiger charge is 2.17. The number of carbonyl (C=O) groups is 2. The zero-order valence-electron chi connectivity index (χ0n) is 15.6. The largest absolute Gasteiger partial charge is 0.494 e. The lowest BCUT2D eigenvalue weighted by molar-refractivity contribution is -0.128. The van der Waals surface area contributed by atoms with Crippen molar-refractivity contribution in [1.29, 1.82) is 0 Å². The summed E-state index contributed by atoms with van der Waals surface area (Å²) in [6.07, 6.45) is 2.42. The maximum absolute atomic E-state index is 12.2. The van der Waals surface area contributed by atoms with Crippen LogP contribution in [-0.4, -0.2) is 24.5 Å². The smallest absolute Gasteiger partial charge is 0.279 e. The maximum Gasteiger partial charge on any atom is 0.279 e. The van der Waals surface area contributed by atoms with Crippen molar-refractivity contribution in [1.82, 2.24) is 10.9 Å². The number of hydrogen-bond donors (Lipinski definition) is 2. The van der Waals surface area contributed by atoms with E-state index in [1.54, 1.807) is 37.3 Å². The predicted octanol–water partition coefficient (Wildman–Crippen LogP) is 2.80. The molecule has 2 aromatic rings. The SMILES string of the molecule is CCOc1ccc(OC(C)C(=O)NNC(=O)c2ccc3c(c2)CCC3)cc1. The van der Waals surface area contributed by atoms with Gasteiger partial charge in [-0.05, 0) is 80.6 Å². The van der Waals surface area contributed by atoms with Crippen LogP contribution in [0.15, 0.2) is 42.5 Å². The van der Waals surface area contributed by atoms with Gasteiger partial charge in [0, 0.05) is 5.56 Å². The molecule has 1 atom stereocenters. The molecule has 6 heteroatoms. The topological polar surface area (TPSA) is 76.7 Å². The quantitative estimate of drug-likeness (QED) is 0.769. The summed E-state index contributed by atoms with van der Waals surface area (Å²) < 4.78 is 11.0. The minimum Gasteiger partial charge on any atom is -0.494 e. The summed E-state index contributed by atoms with van der Waals surface area (Å²) in [5, 5.41) is 0. The molecule has 2 aromatic carbocycles. The molecule has 0 aromatic heterocycles. The van der Waals surface area contributed by atoms with E-state index in [2.05, 4.69) is 10.9 Å². The van der Waals surface area contributed by atoms with Crippen LogP contribution < -0.4 is 20.3 Å². The number of hydrogen-bond acceptors (Lipinski definition) is 4. The Hall–Kier alpha value is -3.02. The van der Waals surface area contributed by atoms with Crippen LogP contribution in [-0.2, 0) is 17.6 Å². The molecule has 1 aliphatic carbocycles. The summed E-state index contributed by atoms with van der Waals surface area (Å²) in [7, 11) is 0. The monoisotopic (exact) mass is 368 g/mol. The van der Waals surface area contributed by atoms with Gasteiger partial charge in [-0.15, -0.1) is 0 Å². The highest BCUT2D eigenvalue weighted by atomic mass is 16.5. The van der Waals surface area contributed by atoms with E-state index in [4.69, 9.17) is 9.47 Å². The molecular weight excluding hydrogens is 344 g/mol. The van der Waals surface area contributed by atoms with Gasteiger partial charge in [-0.1, -0.05) is 6.07 Å². The molecule has 6 nitrogen and oxygen atoms in total. The zero-order valence-corrected chi connectivity index (χ0v) is 15.6. The Morgan fingerprint density at radius 2 is 1.70 bits per heavy atom. The van der Waals surface area contributed by atoms with Crippen molar-refractivity contribution in [2.45, 2.75) is 39.2 Å². The van der Waals surface area contributed by atoms with Gasteiger partial charge >= 0.3 is 0 Å². The number of ether oxygens (including phenoxy) is 2. The van der Waals surface area contributed by atoms with Crippen molar-refractivity contribution < 1.29 is 19.1 Å². The molecule has 1 unspecified atom stereocenters. The van der Waals surface area contributed by atoms with Crippen molar-refractivity contribution >= 4 is 11.8 Å². The number of fused-ring (bicyclic) bond motifs is 1. The fourth-order valence-corrected chi connectivity index (χ4v) is 3.04. The number of amides is 2. The van der Waals surface area contributed by atoms with Crippen molar-refractivity contribution in [2.24, 2.45) is 0 Å². The number of hydrazine groups is 1. The van der Waals surface area contributed by atoms with Gasteiger partial charge in [-0.3, -0.25) is 20.4 Å². The van der Waals surface area contributed by atoms with E-state index in [9.17, 15) is 9.59 Å². The molecule has 0 radical (unpaired) electrons. The first-order chi connectivity index (χ1) is 13.1. The number of rotatable bonds is 6. The first-order valence-electron chi connectivity index (χ1n) is 9.18. The molecule has 0 fully saturated rings. The minimum atomic E-state index is -0.761. The van der Waals surface area contributed by atoms with Crippen LogP contribution in [0.3, 0.4) is 0 Å². The Balaban J connectivity index is 1.50. The Morgan fingerprint density at radius 1 is 1.00 bits per heavy atom. The van der Waals surface area contributed by atoms with Crippen LogP contribution in [0.2, 0.25) is 0 Å². The van der Waals surface area contributed by atoms with Gasteiger partial charge < -0.3 is 9.47 Å². The second kappa shape index (κ2) is 8.58. The van der Waals surface area contributed by atoms with Crippen molar-refractivity contribution in [3.05, 3.63) is 59.2 Å². The van der Waals surface area contributed by atoms with E-state index in [0.717, 1.165) is 25.0 Å². The third kappa shape index (κ3) is 4.78. The van der Waals surface area contributed by atoms with E-state index in [1.807, 2.05) is 19.1 Å². The number of benzene rings is 2. The molecule has 1 aliphatic rings. The van der Waals surface area contributed by atoms with E-state index in [0.29, 0.717) is 17.9 Å². The average Bonchev–Trinajstić information content (AvgIpc) is 3.15. The van der Waals surface area contributed by atoms with E-state index < -0.39 is 12.0 Å². The number of aryl methyl sites for hydroxylation is 2. The van der Waals surface area contributed by atoms with Crippen molar-refractivity contribution in [3.8, 4) is 11.5 Å². The molecule has 2 amide bonds. The second-order valence-electron chi connectivity index (χ2n) is 6.44. The minimum absolute atomic E-state index is 0.341. The summed E-state index contributed by atoms with van der Waals surface area (Å²) in [6.45, 7) is 4.12. The molecule has 2 N–H and O–H groups in total. The molecule has 0 spiro atoms. The first-order valence-corrected chi connectivity index (χ1v) is 9.18. The highest BCUT2D eigenvalue weighted by molar-refractivity contribution is 5.96. The van der Waals surface area contributed by atoms with Gasteiger partial charge in [-0.25, -0.2) is 0 Å². The number of nitrogens with one attached hydrogen (secondary N) is 2. The molecule has 0 heterocycles. The summed E-state index contributed by atoms with van der Waals surface area (Å²) in [5.41, 5.74) is 7.90. The molecular formula is C21H24N2O4. The van der Waals surface area contributed by atoms with E-state index in [1.165, 1.54) is 11.1 Å². The van der Waals surface area contributed by atoms with Gasteiger partial charge in [0.2, 0.25) is 0 Å². The van der Waals surface area contributed by atoms with Gasteiger partial charge in [0.1, 0.15) is 11.5 Å². The lowest BCUT2D eigenvalue weighted by Crippen LogP contribution is -2.47. The fourth-order valence-electron chi connectivity index (χ4n) is 3.04. The summed E-state index contributed by atoms with van der Waals surface area (Å²) >= 11 is 0. The number of carbonyl (C=O) groups excluding carboxylic acids is 2. The normalized spacial score (nSPS) is 13.4. The fraction of sp³-hybridized carbons (Fsp3) is 0.333. The second-order valence-corrected chi connectivity index (χ2v) is 6.44. The zero-order chi connectivity index (χ0) is 19.2. The van der Waals surface area contributed by atoms with Crippen LogP contribution in [0, 0.1) is 0 Å². The van der Waals surface area contributed by atoms with Crippen LogP contribution in [0.25, 0.3) is 0 Å². The van der Waals surface area contributed by atoms with Crippen LogP contribution in [0.5, 0.6) is 11.5 Å². The predicted molar refractivity (Wildman–Crippen MR) is 102 cm³/mol. The molecule has 142 valence electrons. The van der Waals surface area contributed by atoms with Gasteiger partial charge in [-0.2, -0.15) is 0 Å². The standard InChI is InChI=1S/C21H24N2O4/c1-3-26-18-9-11-19(12-10-18)27-14(2)20(24)22-23-21(25)17-8-7-15-5-4-6-16(15)13-17/h7-14H,3-6H2,1-2H3,(H,22,24)(H,23,25). The summed E-state index contributed by atoms with van der Waals surface area (Å²) in [4.78, 5) is 24.4. The Kier molecular flexibility index (Phi) is 5.96. The van der Waals surface area contributed by atoms with Crippen LogP contribution >= 0.6 is 0 Å². The van der Waals surface area contributed by atoms with Gasteiger partial charge in [0.25, 0.3) is 11.8 Å². The first kappa shape index (κ1) is 18.8. The molecule has 0 aliphatic heterocycles. The maximum atomic E-state index is 12.2. The average molecular weight is 368 g/mol. The van der Waals surface area contributed by atoms with E-state index in [-0.39, 0.29) is 5.91 Å². The van der Waals surface area contributed by atoms with Gasteiger partial charge in [0.15, 0.2) is 6.10 Å². The highest BCUT2D eigenvalue weighted by Crippen LogP contribution is 2.22. The van der Waals surface area contributed by atoms with Crippen molar-refractivity contribution in [2.75, 3.05) is 6.61 Å². The van der Waals surface area contributed by atoms with Crippen LogP contribution in [0.4, 0.5) is 0 Å². The molecule has 27 heavy (non-hydrogen) atoms. The van der Waals surface area contributed by atoms with E-state index >= 15 is 0 Å². The molecule has 3 rings (SSSR count). The lowest BCUT2D eigenvalue weighted by atomic mass is 10.1. The summed E-state index contributed by atoms with van der Waals surface area (Å²) in [6, 6.07) is 12.7. The van der Waals surface area contributed by atoms with Gasteiger partial charge in [0.05, 0.1) is 6.61 Å². The third-order valence-electron chi connectivity index (χ3n) is 4.48. The molecule has 0 saturated carbocycles. The Morgan fingerprint density at radius 3 is 2.44 bits per heavy atom. The third-order valence-corrected chi connectivity index (χ3v) is 4.48. The lowest BCUT2D eigenvalue weighted by Gasteiger charge is -2.15. The van der Waals surface area contributed by atoms with Crippen LogP contribution in [0.1, 0.15) is 41.8 Å². The molecule has 0 saturated heterocycles. The summed E-state index contributed by atoms with van der Waals surface area (Å²) in [5.74, 6) is 0.513. The molecule has 0 bridgehead atoms. The Bertz CT molecular complexity index is 817. The Labute approximate surface area is 158 Å².